The van der Waals surface area contributed by atoms with Crippen molar-refractivity contribution in [2.75, 3.05) is 19.7 Å². The molecule has 0 bridgehead atoms. The molecule has 3 rings (SSSR count). The van der Waals surface area contributed by atoms with Crippen LogP contribution in [0.25, 0.3) is 5.57 Å². The highest BCUT2D eigenvalue weighted by Gasteiger charge is 2.31. The van der Waals surface area contributed by atoms with Gasteiger partial charge in [-0.25, -0.2) is 4.98 Å². The van der Waals surface area contributed by atoms with Crippen molar-refractivity contribution in [2.24, 2.45) is 0 Å². The van der Waals surface area contributed by atoms with Gasteiger partial charge in [0.1, 0.15) is 29.0 Å². The number of para-hydroxylation sites is 1. The zero-order valence-corrected chi connectivity index (χ0v) is 15.6. The number of nitrogens with one attached hydrogen (secondary N) is 1. The maximum absolute atomic E-state index is 10.3. The quantitative estimate of drug-likeness (QED) is 0.846. The summed E-state index contributed by atoms with van der Waals surface area (Å²) in [5, 5.41) is 21.4. The SMILES string of the molecule is CC(C)(C)c1csc(C2=C(O)CN(CCOc3ccccc3)C2=N)n1. The largest absolute Gasteiger partial charge is 0.510 e. The van der Waals surface area contributed by atoms with E-state index in [1.807, 2.05) is 40.6 Å². The number of rotatable bonds is 5. The van der Waals surface area contributed by atoms with Gasteiger partial charge in [-0.05, 0) is 12.1 Å². The fourth-order valence-electron chi connectivity index (χ4n) is 2.57. The van der Waals surface area contributed by atoms with E-state index < -0.39 is 0 Å². The van der Waals surface area contributed by atoms with Crippen molar-refractivity contribution < 1.29 is 9.84 Å². The van der Waals surface area contributed by atoms with E-state index >= 15 is 0 Å². The summed E-state index contributed by atoms with van der Waals surface area (Å²) in [5.41, 5.74) is 1.47. The third kappa shape index (κ3) is 3.85. The van der Waals surface area contributed by atoms with Crippen molar-refractivity contribution in [1.29, 1.82) is 5.41 Å². The molecule has 0 saturated carbocycles. The standard InChI is InChI=1S/C19H23N3O2S/c1-19(2,3)15-12-25-18(21-15)16-14(23)11-22(17(16)20)9-10-24-13-7-5-4-6-8-13/h4-8,12,20,23H,9-11H2,1-3H3. The van der Waals surface area contributed by atoms with E-state index in [0.717, 1.165) is 11.4 Å². The minimum Gasteiger partial charge on any atom is -0.510 e. The van der Waals surface area contributed by atoms with Crippen molar-refractivity contribution in [3.63, 3.8) is 0 Å². The van der Waals surface area contributed by atoms with Crippen molar-refractivity contribution >= 4 is 22.7 Å². The number of aliphatic hydroxyl groups is 1. The second kappa shape index (κ2) is 6.88. The molecule has 0 amide bonds. The normalized spacial score (nSPS) is 15.2. The molecular formula is C19H23N3O2S. The van der Waals surface area contributed by atoms with Crippen molar-refractivity contribution in [2.45, 2.75) is 26.2 Å². The van der Waals surface area contributed by atoms with Gasteiger partial charge in [-0.2, -0.15) is 0 Å². The summed E-state index contributed by atoms with van der Waals surface area (Å²) in [4.78, 5) is 6.44. The summed E-state index contributed by atoms with van der Waals surface area (Å²) < 4.78 is 5.69. The highest BCUT2D eigenvalue weighted by atomic mass is 32.1. The molecule has 132 valence electrons. The molecule has 1 aromatic heterocycles. The van der Waals surface area contributed by atoms with Crippen LogP contribution in [0, 0.1) is 5.41 Å². The number of amidine groups is 1. The Bertz CT molecular complexity index is 791. The molecule has 2 heterocycles. The molecule has 0 radical (unpaired) electrons. The van der Waals surface area contributed by atoms with Gasteiger partial charge in [-0.1, -0.05) is 39.0 Å². The Kier molecular flexibility index (Phi) is 4.81. The Morgan fingerprint density at radius 2 is 2.00 bits per heavy atom. The van der Waals surface area contributed by atoms with E-state index in [1.165, 1.54) is 11.3 Å². The molecular weight excluding hydrogens is 334 g/mol. The van der Waals surface area contributed by atoms with Gasteiger partial charge in [-0.3, -0.25) is 5.41 Å². The second-order valence-corrected chi connectivity index (χ2v) is 7.90. The molecule has 0 spiro atoms. The number of benzene rings is 1. The average molecular weight is 357 g/mol. The lowest BCUT2D eigenvalue weighted by atomic mass is 9.93. The van der Waals surface area contributed by atoms with Crippen LogP contribution >= 0.6 is 11.3 Å². The monoisotopic (exact) mass is 357 g/mol. The number of aliphatic hydroxyl groups excluding tert-OH is 1. The molecule has 0 unspecified atom stereocenters. The lowest BCUT2D eigenvalue weighted by Gasteiger charge is -2.18. The van der Waals surface area contributed by atoms with Gasteiger partial charge in [0, 0.05) is 10.8 Å². The molecule has 0 aliphatic carbocycles. The summed E-state index contributed by atoms with van der Waals surface area (Å²) in [7, 11) is 0. The van der Waals surface area contributed by atoms with Gasteiger partial charge in [0.05, 0.1) is 24.4 Å². The van der Waals surface area contributed by atoms with E-state index in [1.54, 1.807) is 0 Å². The first-order valence-electron chi connectivity index (χ1n) is 8.26. The predicted molar refractivity (Wildman–Crippen MR) is 102 cm³/mol. The third-order valence-corrected chi connectivity index (χ3v) is 4.90. The van der Waals surface area contributed by atoms with Gasteiger partial charge in [0.15, 0.2) is 0 Å². The van der Waals surface area contributed by atoms with Gasteiger partial charge in [-0.15, -0.1) is 11.3 Å². The van der Waals surface area contributed by atoms with Crippen molar-refractivity contribution in [3.8, 4) is 5.75 Å². The lowest BCUT2D eigenvalue weighted by Crippen LogP contribution is -2.31. The van der Waals surface area contributed by atoms with Gasteiger partial charge in [0.25, 0.3) is 0 Å². The van der Waals surface area contributed by atoms with Crippen LogP contribution in [0.4, 0.5) is 0 Å². The minimum absolute atomic E-state index is 0.0467. The van der Waals surface area contributed by atoms with Gasteiger partial charge in [0.2, 0.25) is 0 Å². The number of thiazole rings is 1. The van der Waals surface area contributed by atoms with Crippen molar-refractivity contribution in [1.82, 2.24) is 9.88 Å². The van der Waals surface area contributed by atoms with Gasteiger partial charge >= 0.3 is 0 Å². The smallest absolute Gasteiger partial charge is 0.135 e. The summed E-state index contributed by atoms with van der Waals surface area (Å²) in [6.07, 6.45) is 0. The van der Waals surface area contributed by atoms with E-state index in [2.05, 4.69) is 25.8 Å². The first kappa shape index (κ1) is 17.5. The Morgan fingerprint density at radius 3 is 2.64 bits per heavy atom. The van der Waals surface area contributed by atoms with E-state index in [0.29, 0.717) is 36.1 Å². The van der Waals surface area contributed by atoms with Gasteiger partial charge < -0.3 is 14.7 Å². The number of ether oxygens (including phenoxy) is 1. The molecule has 0 saturated heterocycles. The maximum Gasteiger partial charge on any atom is 0.135 e. The third-order valence-electron chi connectivity index (χ3n) is 4.04. The topological polar surface area (TPSA) is 69.4 Å². The summed E-state index contributed by atoms with van der Waals surface area (Å²) in [5.74, 6) is 1.32. The Balaban J connectivity index is 1.64. The van der Waals surface area contributed by atoms with Crippen LogP contribution in [0.5, 0.6) is 5.75 Å². The molecule has 1 aliphatic rings. The minimum atomic E-state index is -0.0467. The molecule has 2 aromatic rings. The van der Waals surface area contributed by atoms with Crippen LogP contribution in [0.2, 0.25) is 0 Å². The molecule has 2 N–H and O–H groups in total. The number of hydrogen-bond donors (Lipinski definition) is 2. The number of hydrogen-bond acceptors (Lipinski definition) is 5. The summed E-state index contributed by atoms with van der Waals surface area (Å²) >= 11 is 1.48. The summed E-state index contributed by atoms with van der Waals surface area (Å²) in [6, 6.07) is 9.60. The van der Waals surface area contributed by atoms with Crippen LogP contribution in [0.15, 0.2) is 41.5 Å². The highest BCUT2D eigenvalue weighted by Crippen LogP contribution is 2.32. The van der Waals surface area contributed by atoms with Crippen LogP contribution in [-0.2, 0) is 5.41 Å². The highest BCUT2D eigenvalue weighted by molar-refractivity contribution is 7.11. The Hall–Kier alpha value is -2.34. The first-order chi connectivity index (χ1) is 11.9. The van der Waals surface area contributed by atoms with E-state index in [-0.39, 0.29) is 11.2 Å². The molecule has 5 nitrogen and oxygen atoms in total. The number of nitrogens with zero attached hydrogens (tertiary/aromatic N) is 2. The van der Waals surface area contributed by atoms with E-state index in [4.69, 9.17) is 10.1 Å². The zero-order valence-electron chi connectivity index (χ0n) is 14.7. The molecule has 25 heavy (non-hydrogen) atoms. The lowest BCUT2D eigenvalue weighted by molar-refractivity contribution is 0.265. The molecule has 1 aromatic carbocycles. The van der Waals surface area contributed by atoms with Crippen LogP contribution in [0.1, 0.15) is 31.5 Å². The number of aromatic nitrogens is 1. The second-order valence-electron chi connectivity index (χ2n) is 7.04. The van der Waals surface area contributed by atoms with Crippen LogP contribution in [0.3, 0.4) is 0 Å². The van der Waals surface area contributed by atoms with Crippen LogP contribution < -0.4 is 4.74 Å². The average Bonchev–Trinajstić information content (AvgIpc) is 3.14. The summed E-state index contributed by atoms with van der Waals surface area (Å²) in [6.45, 7) is 7.64. The first-order valence-corrected chi connectivity index (χ1v) is 9.14. The molecule has 0 fully saturated rings. The fraction of sp³-hybridized carbons (Fsp3) is 0.368. The fourth-order valence-corrected chi connectivity index (χ4v) is 3.69. The Labute approximate surface area is 152 Å². The van der Waals surface area contributed by atoms with Crippen molar-refractivity contribution in [3.05, 3.63) is 52.2 Å². The predicted octanol–water partition coefficient (Wildman–Crippen LogP) is 4.08. The molecule has 6 heteroatoms. The zero-order chi connectivity index (χ0) is 18.0. The molecule has 1 aliphatic heterocycles. The Morgan fingerprint density at radius 1 is 1.28 bits per heavy atom. The van der Waals surface area contributed by atoms with Crippen LogP contribution in [-0.4, -0.2) is 40.5 Å². The maximum atomic E-state index is 10.3. The molecule has 0 atom stereocenters. The van der Waals surface area contributed by atoms with E-state index in [9.17, 15) is 5.11 Å².